The Morgan fingerprint density at radius 2 is 1.68 bits per heavy atom. The minimum Gasteiger partial charge on any atom is -0.475 e. The fraction of sp³-hybridized carbons (Fsp3) is 0.273. The molecular weight excluding hydrogens is 492 g/mol. The standard InChI is InChI=1S/C22H16ClF6NO4/c1-30(2)14-5-3-11(4-6-14)7-12-10-17-13(9-16(12)23)8-15(18(33-17)21(24,25)26)19(31)34-20(32)22(27,28)29/h3-6,8-10,18H,7H2,1-2H3. The molecule has 1 aliphatic heterocycles. The Morgan fingerprint density at radius 3 is 2.21 bits per heavy atom. The van der Waals surface area contributed by atoms with E-state index in [1.165, 1.54) is 12.1 Å². The number of hydrogen-bond donors (Lipinski definition) is 0. The Morgan fingerprint density at radius 1 is 1.06 bits per heavy atom. The van der Waals surface area contributed by atoms with E-state index in [4.69, 9.17) is 16.3 Å². The van der Waals surface area contributed by atoms with Gasteiger partial charge in [0.05, 0.1) is 5.57 Å². The van der Waals surface area contributed by atoms with Gasteiger partial charge in [-0.15, -0.1) is 0 Å². The van der Waals surface area contributed by atoms with Crippen LogP contribution in [0.2, 0.25) is 5.02 Å². The first kappa shape index (κ1) is 25.4. The van der Waals surface area contributed by atoms with Crippen LogP contribution in [0.25, 0.3) is 6.08 Å². The molecule has 1 aliphatic rings. The molecule has 1 heterocycles. The van der Waals surface area contributed by atoms with Gasteiger partial charge in [-0.25, -0.2) is 9.59 Å². The first-order chi connectivity index (χ1) is 15.7. The molecule has 0 aliphatic carbocycles. The maximum atomic E-state index is 13.5. The molecule has 12 heteroatoms. The fourth-order valence-electron chi connectivity index (χ4n) is 3.14. The smallest absolute Gasteiger partial charge is 0.475 e. The van der Waals surface area contributed by atoms with Crippen LogP contribution in [-0.2, 0) is 20.7 Å². The highest BCUT2D eigenvalue weighted by molar-refractivity contribution is 6.31. The third-order valence-corrected chi connectivity index (χ3v) is 5.17. The Bertz CT molecular complexity index is 1140. The van der Waals surface area contributed by atoms with Crippen LogP contribution in [0.15, 0.2) is 42.0 Å². The number of rotatable bonds is 4. The Kier molecular flexibility index (Phi) is 6.88. The zero-order valence-corrected chi connectivity index (χ0v) is 18.3. The topological polar surface area (TPSA) is 55.8 Å². The first-order valence-electron chi connectivity index (χ1n) is 9.54. The summed E-state index contributed by atoms with van der Waals surface area (Å²) in [5.74, 6) is -5.36. The molecule has 34 heavy (non-hydrogen) atoms. The van der Waals surface area contributed by atoms with Crippen molar-refractivity contribution in [3.05, 3.63) is 63.7 Å². The highest BCUT2D eigenvalue weighted by Crippen LogP contribution is 2.40. The van der Waals surface area contributed by atoms with E-state index in [9.17, 15) is 35.9 Å². The van der Waals surface area contributed by atoms with Crippen molar-refractivity contribution in [3.8, 4) is 5.75 Å². The molecule has 3 rings (SSSR count). The monoisotopic (exact) mass is 507 g/mol. The number of esters is 2. The van der Waals surface area contributed by atoms with Gasteiger partial charge in [0.25, 0.3) is 0 Å². The third kappa shape index (κ3) is 5.64. The fourth-order valence-corrected chi connectivity index (χ4v) is 3.38. The SMILES string of the molecule is CN(C)c1ccc(Cc2cc3c(cc2Cl)C=C(C(=O)OC(=O)C(F)(F)F)C(C(F)(F)F)O3)cc1. The van der Waals surface area contributed by atoms with Crippen molar-refractivity contribution >= 4 is 35.3 Å². The Labute approximate surface area is 194 Å². The summed E-state index contributed by atoms with van der Waals surface area (Å²) in [5, 5.41) is 0.125. The molecule has 0 amide bonds. The van der Waals surface area contributed by atoms with Crippen LogP contribution in [-0.4, -0.2) is 44.5 Å². The summed E-state index contributed by atoms with van der Waals surface area (Å²) in [7, 11) is 3.72. The van der Waals surface area contributed by atoms with Gasteiger partial charge >= 0.3 is 24.3 Å². The molecule has 0 spiro atoms. The van der Waals surface area contributed by atoms with Crippen LogP contribution in [0.1, 0.15) is 16.7 Å². The molecule has 2 aromatic rings. The van der Waals surface area contributed by atoms with Crippen LogP contribution in [0, 0.1) is 0 Å². The van der Waals surface area contributed by atoms with Crippen LogP contribution in [0.3, 0.4) is 0 Å². The predicted molar refractivity (Wildman–Crippen MR) is 111 cm³/mol. The molecule has 182 valence electrons. The molecule has 0 bridgehead atoms. The number of benzene rings is 2. The summed E-state index contributed by atoms with van der Waals surface area (Å²) in [6.07, 6.45) is -12.8. The molecule has 0 N–H and O–H groups in total. The Balaban J connectivity index is 1.94. The van der Waals surface area contributed by atoms with Crippen LogP contribution in [0.4, 0.5) is 32.0 Å². The lowest BCUT2D eigenvalue weighted by Crippen LogP contribution is -2.42. The number of ether oxygens (including phenoxy) is 2. The summed E-state index contributed by atoms with van der Waals surface area (Å²) < 4.78 is 86.2. The maximum absolute atomic E-state index is 13.5. The van der Waals surface area contributed by atoms with Crippen molar-refractivity contribution in [2.24, 2.45) is 0 Å². The first-order valence-corrected chi connectivity index (χ1v) is 9.91. The lowest BCUT2D eigenvalue weighted by molar-refractivity contribution is -0.204. The van der Waals surface area contributed by atoms with Gasteiger partial charge < -0.3 is 14.4 Å². The van der Waals surface area contributed by atoms with Gasteiger partial charge in [0.15, 0.2) is 0 Å². The third-order valence-electron chi connectivity index (χ3n) is 4.81. The van der Waals surface area contributed by atoms with Gasteiger partial charge in [0, 0.05) is 30.4 Å². The second-order valence-electron chi connectivity index (χ2n) is 7.53. The largest absolute Gasteiger partial charge is 0.491 e. The highest BCUT2D eigenvalue weighted by atomic mass is 35.5. The number of fused-ring (bicyclic) bond motifs is 1. The van der Waals surface area contributed by atoms with Crippen molar-refractivity contribution < 1.29 is 45.4 Å². The van der Waals surface area contributed by atoms with Crippen molar-refractivity contribution in [2.45, 2.75) is 24.9 Å². The van der Waals surface area contributed by atoms with Gasteiger partial charge in [-0.1, -0.05) is 23.7 Å². The zero-order valence-electron chi connectivity index (χ0n) is 17.6. The van der Waals surface area contributed by atoms with Crippen molar-refractivity contribution in [3.63, 3.8) is 0 Å². The second kappa shape index (κ2) is 9.21. The number of carbonyl (C=O) groups is 2. The molecular formula is C22H16ClF6NO4. The van der Waals surface area contributed by atoms with Crippen LogP contribution < -0.4 is 9.64 Å². The summed E-state index contributed by atoms with van der Waals surface area (Å²) in [6, 6.07) is 9.80. The van der Waals surface area contributed by atoms with Gasteiger partial charge in [-0.05, 0) is 47.9 Å². The molecule has 0 saturated carbocycles. The number of hydrogen-bond acceptors (Lipinski definition) is 5. The molecule has 1 atom stereocenters. The van der Waals surface area contributed by atoms with E-state index in [2.05, 4.69) is 4.74 Å². The minimum absolute atomic E-state index is 0.0939. The number of anilines is 1. The molecule has 1 unspecified atom stereocenters. The number of nitrogens with zero attached hydrogens (tertiary/aromatic N) is 1. The van der Waals surface area contributed by atoms with Gasteiger partial charge in [-0.3, -0.25) is 0 Å². The molecule has 2 aromatic carbocycles. The lowest BCUT2D eigenvalue weighted by atomic mass is 9.97. The normalized spacial score (nSPS) is 15.7. The van der Waals surface area contributed by atoms with E-state index in [1.807, 2.05) is 43.3 Å². The highest BCUT2D eigenvalue weighted by Gasteiger charge is 2.51. The van der Waals surface area contributed by atoms with Crippen molar-refractivity contribution in [2.75, 3.05) is 19.0 Å². The van der Waals surface area contributed by atoms with Crippen LogP contribution >= 0.6 is 11.6 Å². The van der Waals surface area contributed by atoms with Gasteiger partial charge in [0.1, 0.15) is 5.75 Å². The van der Waals surface area contributed by atoms with Gasteiger partial charge in [0.2, 0.25) is 6.10 Å². The average Bonchev–Trinajstić information content (AvgIpc) is 2.72. The molecule has 5 nitrogen and oxygen atoms in total. The minimum atomic E-state index is -5.57. The predicted octanol–water partition coefficient (Wildman–Crippen LogP) is 5.34. The van der Waals surface area contributed by atoms with E-state index >= 15 is 0 Å². The van der Waals surface area contributed by atoms with E-state index < -0.39 is 36.0 Å². The lowest BCUT2D eigenvalue weighted by Gasteiger charge is -2.28. The van der Waals surface area contributed by atoms with Crippen LogP contribution in [0.5, 0.6) is 5.75 Å². The van der Waals surface area contributed by atoms with E-state index in [0.717, 1.165) is 11.3 Å². The number of alkyl halides is 6. The van der Waals surface area contributed by atoms with E-state index in [-0.39, 0.29) is 22.8 Å². The molecule has 0 saturated heterocycles. The molecule has 0 radical (unpaired) electrons. The summed E-state index contributed by atoms with van der Waals surface area (Å²) in [5.41, 5.74) is 0.751. The second-order valence-corrected chi connectivity index (χ2v) is 7.94. The summed E-state index contributed by atoms with van der Waals surface area (Å²) >= 11 is 6.26. The number of halogens is 7. The zero-order chi connectivity index (χ0) is 25.4. The maximum Gasteiger partial charge on any atom is 0.491 e. The number of carbonyl (C=O) groups excluding carboxylic acids is 2. The molecule has 0 aromatic heterocycles. The van der Waals surface area contributed by atoms with Crippen molar-refractivity contribution in [1.29, 1.82) is 0 Å². The quantitative estimate of drug-likeness (QED) is 0.318. The van der Waals surface area contributed by atoms with Crippen molar-refractivity contribution in [1.82, 2.24) is 0 Å². The van der Waals surface area contributed by atoms with E-state index in [0.29, 0.717) is 11.6 Å². The average molecular weight is 508 g/mol. The van der Waals surface area contributed by atoms with Gasteiger partial charge in [-0.2, -0.15) is 26.3 Å². The Hall–Kier alpha value is -3.21. The van der Waals surface area contributed by atoms with E-state index in [1.54, 1.807) is 0 Å². The summed E-state index contributed by atoms with van der Waals surface area (Å²) in [4.78, 5) is 24.8. The molecule has 0 fully saturated rings. The summed E-state index contributed by atoms with van der Waals surface area (Å²) in [6.45, 7) is 0.